The number of rotatable bonds is 3. The Morgan fingerprint density at radius 2 is 2.12 bits per heavy atom. The van der Waals surface area contributed by atoms with Gasteiger partial charge in [-0.05, 0) is 26.8 Å². The summed E-state index contributed by atoms with van der Waals surface area (Å²) in [5, 5.41) is 0.950. The molecule has 5 nitrogen and oxygen atoms in total. The van der Waals surface area contributed by atoms with Crippen LogP contribution in [-0.2, 0) is 10.3 Å². The highest BCUT2D eigenvalue weighted by atomic mass is 32.1. The van der Waals surface area contributed by atoms with E-state index in [9.17, 15) is 0 Å². The maximum atomic E-state index is 5.50. The lowest BCUT2D eigenvalue weighted by atomic mass is 10.1. The first-order chi connectivity index (χ1) is 7.97. The topological polar surface area (TPSA) is 73.1 Å². The largest absolute Gasteiger partial charge is 0.371 e. The summed E-state index contributed by atoms with van der Waals surface area (Å²) in [5.74, 6) is 6.77. The minimum Gasteiger partial charge on any atom is -0.371 e. The van der Waals surface area contributed by atoms with Crippen LogP contribution in [0.15, 0.2) is 6.07 Å². The molecule has 92 valence electrons. The monoisotopic (exact) mass is 252 g/mol. The number of aromatic nitrogens is 2. The average Bonchev–Trinajstić information content (AvgIpc) is 2.67. The Morgan fingerprint density at radius 1 is 1.41 bits per heavy atom. The molecule has 0 aliphatic carbocycles. The summed E-state index contributed by atoms with van der Waals surface area (Å²) in [6.45, 7) is 5.89. The highest BCUT2D eigenvalue weighted by Crippen LogP contribution is 2.31. The summed E-state index contributed by atoms with van der Waals surface area (Å²) in [4.78, 5) is 11.0. The van der Waals surface area contributed by atoms with Crippen LogP contribution in [0.4, 0.5) is 5.82 Å². The van der Waals surface area contributed by atoms with Crippen molar-refractivity contribution in [3.63, 3.8) is 0 Å². The maximum absolute atomic E-state index is 5.50. The molecule has 0 saturated heterocycles. The summed E-state index contributed by atoms with van der Waals surface area (Å²) < 4.78 is 5.39. The van der Waals surface area contributed by atoms with E-state index in [-0.39, 0.29) is 0 Å². The van der Waals surface area contributed by atoms with Crippen molar-refractivity contribution in [3.05, 3.63) is 16.8 Å². The van der Waals surface area contributed by atoms with E-state index in [4.69, 9.17) is 10.6 Å². The van der Waals surface area contributed by atoms with Crippen LogP contribution in [0.3, 0.4) is 0 Å². The number of fused-ring (bicyclic) bond motifs is 1. The van der Waals surface area contributed by atoms with Crippen molar-refractivity contribution in [2.24, 2.45) is 5.84 Å². The van der Waals surface area contributed by atoms with Crippen LogP contribution in [0, 0.1) is 6.92 Å². The Hall–Kier alpha value is -1.24. The molecule has 6 heteroatoms. The summed E-state index contributed by atoms with van der Waals surface area (Å²) in [6.07, 6.45) is 0. The van der Waals surface area contributed by atoms with Gasteiger partial charge < -0.3 is 10.2 Å². The van der Waals surface area contributed by atoms with Gasteiger partial charge in [-0.25, -0.2) is 15.8 Å². The molecule has 3 N–H and O–H groups in total. The van der Waals surface area contributed by atoms with Gasteiger partial charge in [0, 0.05) is 12.0 Å². The van der Waals surface area contributed by atoms with Gasteiger partial charge in [0.25, 0.3) is 0 Å². The van der Waals surface area contributed by atoms with Crippen LogP contribution in [0.5, 0.6) is 0 Å². The third-order valence-electron chi connectivity index (χ3n) is 2.70. The van der Waals surface area contributed by atoms with Crippen molar-refractivity contribution in [3.8, 4) is 0 Å². The Balaban J connectivity index is 2.68. The van der Waals surface area contributed by atoms with Gasteiger partial charge in [0.2, 0.25) is 0 Å². The third-order valence-corrected chi connectivity index (χ3v) is 3.65. The van der Waals surface area contributed by atoms with E-state index in [1.54, 1.807) is 18.4 Å². The minimum atomic E-state index is -0.530. The highest BCUT2D eigenvalue weighted by Gasteiger charge is 2.25. The second-order valence-corrected chi connectivity index (χ2v) is 5.57. The van der Waals surface area contributed by atoms with Crippen molar-refractivity contribution >= 4 is 27.4 Å². The standard InChI is InChI=1S/C11H16N4OS/c1-6-5-7-8(15-12)13-10(11(2,3)16-4)14-9(7)17-6/h5H,12H2,1-4H3,(H,13,14,15). The number of anilines is 1. The second-order valence-electron chi connectivity index (χ2n) is 4.33. The quantitative estimate of drug-likeness (QED) is 0.647. The number of ether oxygens (including phenoxy) is 1. The zero-order valence-corrected chi connectivity index (χ0v) is 11.2. The van der Waals surface area contributed by atoms with Gasteiger partial charge in [0.05, 0.1) is 5.39 Å². The molecule has 0 unspecified atom stereocenters. The van der Waals surface area contributed by atoms with Crippen molar-refractivity contribution in [1.29, 1.82) is 0 Å². The number of aryl methyl sites for hydroxylation is 1. The molecule has 0 spiro atoms. The molecular weight excluding hydrogens is 236 g/mol. The molecule has 0 aliphatic rings. The number of methoxy groups -OCH3 is 1. The Kier molecular flexibility index (Phi) is 3.03. The fraction of sp³-hybridized carbons (Fsp3) is 0.455. The van der Waals surface area contributed by atoms with Crippen LogP contribution >= 0.6 is 11.3 Å². The van der Waals surface area contributed by atoms with Crippen molar-refractivity contribution in [2.45, 2.75) is 26.4 Å². The molecule has 0 aliphatic heterocycles. The van der Waals surface area contributed by atoms with E-state index < -0.39 is 5.60 Å². The number of nitrogens with two attached hydrogens (primary N) is 1. The molecule has 2 aromatic heterocycles. The number of hydrogen-bond donors (Lipinski definition) is 2. The summed E-state index contributed by atoms with van der Waals surface area (Å²) in [7, 11) is 1.64. The lowest BCUT2D eigenvalue weighted by Gasteiger charge is -2.21. The van der Waals surface area contributed by atoms with E-state index in [0.717, 1.165) is 10.2 Å². The molecule has 0 bridgehead atoms. The van der Waals surface area contributed by atoms with Crippen LogP contribution < -0.4 is 11.3 Å². The van der Waals surface area contributed by atoms with Gasteiger partial charge >= 0.3 is 0 Å². The first kappa shape index (κ1) is 12.2. The van der Waals surface area contributed by atoms with Crippen LogP contribution in [0.2, 0.25) is 0 Å². The van der Waals surface area contributed by atoms with Gasteiger partial charge in [-0.15, -0.1) is 11.3 Å². The lowest BCUT2D eigenvalue weighted by Crippen LogP contribution is -2.24. The third kappa shape index (κ3) is 2.11. The predicted octanol–water partition coefficient (Wildman–Crippen LogP) is 2.17. The predicted molar refractivity (Wildman–Crippen MR) is 70.0 cm³/mol. The summed E-state index contributed by atoms with van der Waals surface area (Å²) in [5.41, 5.74) is 2.09. The van der Waals surface area contributed by atoms with Gasteiger partial charge in [-0.3, -0.25) is 0 Å². The maximum Gasteiger partial charge on any atom is 0.163 e. The van der Waals surface area contributed by atoms with E-state index in [1.807, 2.05) is 26.8 Å². The second kappa shape index (κ2) is 4.21. The van der Waals surface area contributed by atoms with E-state index in [0.29, 0.717) is 11.6 Å². The zero-order chi connectivity index (χ0) is 12.6. The Morgan fingerprint density at radius 3 is 2.71 bits per heavy atom. The minimum absolute atomic E-state index is 0.530. The van der Waals surface area contributed by atoms with Crippen molar-refractivity contribution < 1.29 is 4.74 Å². The lowest BCUT2D eigenvalue weighted by molar-refractivity contribution is 0.0119. The van der Waals surface area contributed by atoms with Crippen molar-refractivity contribution in [2.75, 3.05) is 12.5 Å². The number of nitrogens with zero attached hydrogens (tertiary/aromatic N) is 2. The molecule has 0 fully saturated rings. The number of hydrazine groups is 1. The molecule has 2 aromatic rings. The molecule has 0 atom stereocenters. The molecule has 2 rings (SSSR count). The number of hydrogen-bond acceptors (Lipinski definition) is 6. The first-order valence-electron chi connectivity index (χ1n) is 5.28. The fourth-order valence-electron chi connectivity index (χ4n) is 1.51. The first-order valence-corrected chi connectivity index (χ1v) is 6.10. The van der Waals surface area contributed by atoms with Gasteiger partial charge in [0.1, 0.15) is 10.4 Å². The Labute approximate surface area is 104 Å². The number of nitrogen functional groups attached to an aromatic ring is 1. The zero-order valence-electron chi connectivity index (χ0n) is 10.4. The van der Waals surface area contributed by atoms with Crippen LogP contribution in [0.25, 0.3) is 10.2 Å². The van der Waals surface area contributed by atoms with Gasteiger partial charge in [-0.1, -0.05) is 0 Å². The molecule has 0 radical (unpaired) electrons. The van der Waals surface area contributed by atoms with Crippen molar-refractivity contribution in [1.82, 2.24) is 9.97 Å². The molecule has 17 heavy (non-hydrogen) atoms. The Bertz CT molecular complexity index is 550. The van der Waals surface area contributed by atoms with Gasteiger partial charge in [0.15, 0.2) is 11.6 Å². The number of thiophene rings is 1. The van der Waals surface area contributed by atoms with E-state index in [1.165, 1.54) is 4.88 Å². The molecule has 0 amide bonds. The SMILES string of the molecule is COC(C)(C)c1nc(NN)c2cc(C)sc2n1. The number of nitrogens with one attached hydrogen (secondary N) is 1. The van der Waals surface area contributed by atoms with E-state index in [2.05, 4.69) is 15.4 Å². The molecule has 2 heterocycles. The average molecular weight is 252 g/mol. The fourth-order valence-corrected chi connectivity index (χ4v) is 2.39. The van der Waals surface area contributed by atoms with Gasteiger partial charge in [-0.2, -0.15) is 0 Å². The van der Waals surface area contributed by atoms with Crippen LogP contribution in [0.1, 0.15) is 24.5 Å². The molecule has 0 saturated carbocycles. The summed E-state index contributed by atoms with van der Waals surface area (Å²) >= 11 is 1.62. The molecule has 0 aromatic carbocycles. The van der Waals surface area contributed by atoms with Crippen LogP contribution in [-0.4, -0.2) is 17.1 Å². The highest BCUT2D eigenvalue weighted by molar-refractivity contribution is 7.18. The normalized spacial score (nSPS) is 12.1. The smallest absolute Gasteiger partial charge is 0.163 e. The molecular formula is C11H16N4OS. The summed E-state index contributed by atoms with van der Waals surface area (Å²) in [6, 6.07) is 2.03. The van der Waals surface area contributed by atoms with E-state index >= 15 is 0 Å².